The van der Waals surface area contributed by atoms with Crippen LogP contribution < -0.4 is 10.5 Å². The Bertz CT molecular complexity index is 2040. The molecule has 2 aliphatic heterocycles. The van der Waals surface area contributed by atoms with Gasteiger partial charge in [0.2, 0.25) is 0 Å². The van der Waals surface area contributed by atoms with Crippen molar-refractivity contribution in [1.82, 2.24) is 19.8 Å². The average molecular weight is 721 g/mol. The molecule has 1 fully saturated rings. The maximum atomic E-state index is 13.2. The van der Waals surface area contributed by atoms with Gasteiger partial charge in [-0.3, -0.25) is 14.5 Å². The molecule has 16 heteroatoms. The van der Waals surface area contributed by atoms with Gasteiger partial charge in [0.1, 0.15) is 17.0 Å². The number of hydrogen-bond acceptors (Lipinski definition) is 9. The number of piperidine rings is 1. The van der Waals surface area contributed by atoms with Crippen molar-refractivity contribution in [3.05, 3.63) is 94.9 Å². The third kappa shape index (κ3) is 7.01. The molecule has 254 valence electrons. The minimum atomic E-state index is -5.88. The molecule has 1 aromatic heterocycles. The lowest BCUT2D eigenvalue weighted by Gasteiger charge is -2.40. The molecule has 0 radical (unpaired) electrons. The molecule has 0 aliphatic carbocycles. The van der Waals surface area contributed by atoms with Crippen molar-refractivity contribution >= 4 is 43.0 Å². The lowest BCUT2D eigenvalue weighted by Crippen LogP contribution is -2.46. The maximum absolute atomic E-state index is 13.2. The zero-order valence-corrected chi connectivity index (χ0v) is 27.9. The number of benzene rings is 3. The Hall–Kier alpha value is -3.76. The van der Waals surface area contributed by atoms with Crippen molar-refractivity contribution in [1.29, 1.82) is 0 Å². The second kappa shape index (κ2) is 13.3. The third-order valence-corrected chi connectivity index (χ3v) is 11.9. The number of hydrogen-bond donors (Lipinski definition) is 2. The third-order valence-electron chi connectivity index (χ3n) is 8.80. The van der Waals surface area contributed by atoms with Crippen LogP contribution >= 0.6 is 11.6 Å². The van der Waals surface area contributed by atoms with E-state index in [1.807, 2.05) is 36.4 Å². The predicted molar refractivity (Wildman–Crippen MR) is 176 cm³/mol. The fraction of sp³-hybridized carbons (Fsp3) is 0.312. The summed E-state index contributed by atoms with van der Waals surface area (Å²) in [7, 11) is -10.4. The van der Waals surface area contributed by atoms with Crippen LogP contribution in [0.15, 0.2) is 82.8 Å². The summed E-state index contributed by atoms with van der Waals surface area (Å²) in [6, 6.07) is 18.7. The SMILES string of the molecule is Nc1ccc(S(=O)(=O)Nc2ncnc3c2CCN(C2CCN(Cc4ccccc4-c4ccc(Cl)cc4)CC2)C3)cc1S(=O)(=O)C(F)(F)F. The highest BCUT2D eigenvalue weighted by molar-refractivity contribution is 7.93. The van der Waals surface area contributed by atoms with Crippen LogP contribution in [0.4, 0.5) is 24.7 Å². The molecule has 0 unspecified atom stereocenters. The van der Waals surface area contributed by atoms with Crippen molar-refractivity contribution in [2.24, 2.45) is 0 Å². The minimum absolute atomic E-state index is 0.00845. The number of alkyl halides is 3. The number of rotatable bonds is 8. The number of anilines is 2. The molecule has 3 N–H and O–H groups in total. The highest BCUT2D eigenvalue weighted by Gasteiger charge is 2.48. The standard InChI is InChI=1S/C32H32ClF3N6O4S2/c33-23-7-5-21(6-8-23)26-4-2-1-3-22(26)18-41-14-11-24(12-15-41)42-16-13-27-29(19-42)38-20-39-31(27)40-48(45,46)25-9-10-28(37)30(17-25)47(43,44)32(34,35)36/h1-10,17,20,24H,11-16,18-19,37H2,(H,38,39,40). The van der Waals surface area contributed by atoms with Crippen LogP contribution in [0.5, 0.6) is 0 Å². The normalized spacial score (nSPS) is 16.8. The summed E-state index contributed by atoms with van der Waals surface area (Å²) < 4.78 is 92.3. The van der Waals surface area contributed by atoms with Gasteiger partial charge in [-0.05, 0) is 79.4 Å². The number of halogens is 4. The minimum Gasteiger partial charge on any atom is -0.398 e. The van der Waals surface area contributed by atoms with Crippen LogP contribution in [-0.4, -0.2) is 67.8 Å². The Morgan fingerprint density at radius 2 is 1.65 bits per heavy atom. The Kier molecular flexibility index (Phi) is 9.43. The summed E-state index contributed by atoms with van der Waals surface area (Å²) in [4.78, 5) is 11.2. The van der Waals surface area contributed by atoms with Crippen molar-refractivity contribution in [2.45, 2.75) is 53.7 Å². The first-order chi connectivity index (χ1) is 22.7. The van der Waals surface area contributed by atoms with Gasteiger partial charge in [0.25, 0.3) is 19.9 Å². The van der Waals surface area contributed by atoms with Crippen LogP contribution in [0, 0.1) is 0 Å². The average Bonchev–Trinajstić information content (AvgIpc) is 3.05. The highest BCUT2D eigenvalue weighted by Crippen LogP contribution is 2.35. The molecule has 0 amide bonds. The summed E-state index contributed by atoms with van der Waals surface area (Å²) in [5.74, 6) is -0.00845. The zero-order chi connectivity index (χ0) is 34.3. The number of nitrogens with one attached hydrogen (secondary N) is 1. The lowest BCUT2D eigenvalue weighted by atomic mass is 9.96. The van der Waals surface area contributed by atoms with Gasteiger partial charge in [0.15, 0.2) is 0 Å². The summed E-state index contributed by atoms with van der Waals surface area (Å²) in [6.45, 7) is 3.75. The van der Waals surface area contributed by atoms with Gasteiger partial charge in [-0.1, -0.05) is 48.0 Å². The van der Waals surface area contributed by atoms with E-state index in [2.05, 4.69) is 36.6 Å². The van der Waals surface area contributed by atoms with Gasteiger partial charge in [0, 0.05) is 36.3 Å². The van der Waals surface area contributed by atoms with Gasteiger partial charge < -0.3 is 5.73 Å². The molecule has 3 heterocycles. The van der Waals surface area contributed by atoms with Gasteiger partial charge in [0.05, 0.1) is 16.3 Å². The largest absolute Gasteiger partial charge is 0.501 e. The molecule has 2 aliphatic rings. The second-order valence-corrected chi connectivity index (χ2v) is 15.8. The fourth-order valence-electron chi connectivity index (χ4n) is 6.25. The maximum Gasteiger partial charge on any atom is 0.501 e. The fourth-order valence-corrected chi connectivity index (χ4v) is 8.43. The monoisotopic (exact) mass is 720 g/mol. The summed E-state index contributed by atoms with van der Waals surface area (Å²) in [6.07, 6.45) is 3.56. The van der Waals surface area contributed by atoms with Crippen LogP contribution in [0.25, 0.3) is 11.1 Å². The number of sulfonamides is 1. The van der Waals surface area contributed by atoms with E-state index < -0.39 is 40.8 Å². The number of likely N-dealkylation sites (tertiary alicyclic amines) is 1. The molecule has 0 saturated carbocycles. The van der Waals surface area contributed by atoms with Crippen molar-refractivity contribution < 1.29 is 30.0 Å². The van der Waals surface area contributed by atoms with E-state index in [0.717, 1.165) is 50.2 Å². The highest BCUT2D eigenvalue weighted by atomic mass is 35.5. The number of nitrogen functional groups attached to an aromatic ring is 1. The van der Waals surface area contributed by atoms with Crippen molar-refractivity contribution in [2.75, 3.05) is 30.1 Å². The van der Waals surface area contributed by atoms with Gasteiger partial charge in [-0.25, -0.2) is 26.8 Å². The van der Waals surface area contributed by atoms with Crippen LogP contribution in [-0.2, 0) is 39.4 Å². The first kappa shape index (κ1) is 34.1. The van der Waals surface area contributed by atoms with Crippen molar-refractivity contribution in [3.63, 3.8) is 0 Å². The number of nitrogens with zero attached hydrogens (tertiary/aromatic N) is 4. The molecule has 6 rings (SSSR count). The van der Waals surface area contributed by atoms with Crippen LogP contribution in [0.2, 0.25) is 5.02 Å². The zero-order valence-electron chi connectivity index (χ0n) is 25.5. The van der Waals surface area contributed by atoms with E-state index in [4.69, 9.17) is 17.3 Å². The molecule has 0 atom stereocenters. The smallest absolute Gasteiger partial charge is 0.398 e. The quantitative estimate of drug-likeness (QED) is 0.226. The Morgan fingerprint density at radius 1 is 0.938 bits per heavy atom. The summed E-state index contributed by atoms with van der Waals surface area (Å²) >= 11 is 6.09. The van der Waals surface area contributed by atoms with Gasteiger partial charge >= 0.3 is 5.51 Å². The van der Waals surface area contributed by atoms with E-state index in [-0.39, 0.29) is 5.82 Å². The summed E-state index contributed by atoms with van der Waals surface area (Å²) in [5, 5.41) is 0.696. The van der Waals surface area contributed by atoms with Gasteiger partial charge in [-0.2, -0.15) is 13.2 Å². The molecular weight excluding hydrogens is 689 g/mol. The molecular formula is C32H32ClF3N6O4S2. The Morgan fingerprint density at radius 3 is 2.35 bits per heavy atom. The van der Waals surface area contributed by atoms with E-state index in [1.165, 1.54) is 17.5 Å². The molecule has 48 heavy (non-hydrogen) atoms. The van der Waals surface area contributed by atoms with E-state index in [1.54, 1.807) is 0 Å². The van der Waals surface area contributed by atoms with E-state index in [0.29, 0.717) is 47.9 Å². The number of nitrogens with two attached hydrogens (primary N) is 1. The first-order valence-corrected chi connectivity index (χ1v) is 18.4. The van der Waals surface area contributed by atoms with Gasteiger partial charge in [-0.15, -0.1) is 0 Å². The van der Waals surface area contributed by atoms with E-state index in [9.17, 15) is 30.0 Å². The molecule has 3 aromatic carbocycles. The topological polar surface area (TPSA) is 139 Å². The number of fused-ring (bicyclic) bond motifs is 1. The Balaban J connectivity index is 1.11. The van der Waals surface area contributed by atoms with Crippen LogP contribution in [0.1, 0.15) is 29.7 Å². The molecule has 0 spiro atoms. The predicted octanol–water partition coefficient (Wildman–Crippen LogP) is 5.50. The number of sulfone groups is 1. The Labute approximate surface area is 281 Å². The second-order valence-electron chi connectivity index (χ2n) is 11.8. The van der Waals surface area contributed by atoms with E-state index >= 15 is 0 Å². The molecule has 10 nitrogen and oxygen atoms in total. The number of aromatic nitrogens is 2. The molecule has 1 saturated heterocycles. The van der Waals surface area contributed by atoms with Crippen molar-refractivity contribution in [3.8, 4) is 11.1 Å². The van der Waals surface area contributed by atoms with Crippen LogP contribution in [0.3, 0.4) is 0 Å². The molecule has 0 bridgehead atoms. The first-order valence-electron chi connectivity index (χ1n) is 15.1. The molecule has 4 aromatic rings. The lowest BCUT2D eigenvalue weighted by molar-refractivity contribution is -0.0435. The summed E-state index contributed by atoms with van der Waals surface area (Å²) in [5.41, 5.74) is 3.86.